The van der Waals surface area contributed by atoms with Crippen LogP contribution in [0.4, 0.5) is 8.78 Å². The summed E-state index contributed by atoms with van der Waals surface area (Å²) < 4.78 is 27.1. The van der Waals surface area contributed by atoms with Crippen LogP contribution in [0.5, 0.6) is 0 Å². The van der Waals surface area contributed by atoms with Gasteiger partial charge in [-0.05, 0) is 36.1 Å². The number of hydrogen-bond acceptors (Lipinski definition) is 1. The minimum atomic E-state index is -0.527. The van der Waals surface area contributed by atoms with E-state index in [-0.39, 0.29) is 0 Å². The van der Waals surface area contributed by atoms with E-state index in [0.29, 0.717) is 11.6 Å². The average Bonchev–Trinajstić information content (AvgIpc) is 2.56. The summed E-state index contributed by atoms with van der Waals surface area (Å²) in [6.07, 6.45) is 3.88. The van der Waals surface area contributed by atoms with Crippen molar-refractivity contribution in [3.05, 3.63) is 77.4 Å². The molecule has 1 heterocycles. The Balaban J connectivity index is 1.79. The fraction of sp³-hybridized carbons (Fsp3) is 0.300. The van der Waals surface area contributed by atoms with E-state index in [4.69, 9.17) is 0 Å². The summed E-state index contributed by atoms with van der Waals surface area (Å²) >= 11 is 0. The van der Waals surface area contributed by atoms with Crippen LogP contribution < -0.4 is 0 Å². The average molecular weight is 313 g/mol. The van der Waals surface area contributed by atoms with E-state index in [1.165, 1.54) is 11.6 Å². The summed E-state index contributed by atoms with van der Waals surface area (Å²) in [4.78, 5) is 2.42. The second-order valence-corrected chi connectivity index (χ2v) is 6.03. The molecule has 0 saturated carbocycles. The molecule has 0 aromatic heterocycles. The van der Waals surface area contributed by atoms with Crippen molar-refractivity contribution in [1.82, 2.24) is 4.90 Å². The van der Waals surface area contributed by atoms with Crippen LogP contribution in [-0.4, -0.2) is 17.5 Å². The molecule has 120 valence electrons. The van der Waals surface area contributed by atoms with Crippen molar-refractivity contribution in [3.8, 4) is 0 Å². The zero-order chi connectivity index (χ0) is 16.2. The summed E-state index contributed by atoms with van der Waals surface area (Å²) in [7, 11) is 0. The maximum atomic E-state index is 14.0. The van der Waals surface area contributed by atoms with Crippen molar-refractivity contribution in [2.75, 3.05) is 6.54 Å². The van der Waals surface area contributed by atoms with Gasteiger partial charge in [0.25, 0.3) is 0 Å². The molecular weight excluding hydrogens is 292 g/mol. The summed E-state index contributed by atoms with van der Waals surface area (Å²) in [6, 6.07) is 14.6. The smallest absolute Gasteiger partial charge is 0.133 e. The Kier molecular flexibility index (Phi) is 4.87. The van der Waals surface area contributed by atoms with Crippen LogP contribution in [0, 0.1) is 11.6 Å². The van der Waals surface area contributed by atoms with Crippen LogP contribution in [0.3, 0.4) is 0 Å². The van der Waals surface area contributed by atoms with E-state index in [9.17, 15) is 8.78 Å². The van der Waals surface area contributed by atoms with Crippen LogP contribution in [0.2, 0.25) is 0 Å². The lowest BCUT2D eigenvalue weighted by atomic mass is 9.92. The minimum absolute atomic E-state index is 0.375. The number of hydrogen-bond donors (Lipinski definition) is 0. The molecule has 1 atom stereocenters. The normalized spacial score (nSPS) is 18.7. The Bertz CT molecular complexity index is 694. The van der Waals surface area contributed by atoms with Crippen molar-refractivity contribution in [2.45, 2.75) is 32.4 Å². The molecule has 3 rings (SSSR count). The molecule has 1 aliphatic rings. The third-order valence-corrected chi connectivity index (χ3v) is 4.52. The van der Waals surface area contributed by atoms with Crippen LogP contribution in [0.15, 0.2) is 54.6 Å². The second-order valence-electron chi connectivity index (χ2n) is 6.03. The van der Waals surface area contributed by atoms with Gasteiger partial charge in [0.1, 0.15) is 11.6 Å². The van der Waals surface area contributed by atoms with Gasteiger partial charge in [0.15, 0.2) is 0 Å². The first kappa shape index (κ1) is 15.9. The summed E-state index contributed by atoms with van der Waals surface area (Å²) in [5, 5.41) is 0. The molecule has 0 aliphatic carbocycles. The largest absolute Gasteiger partial charge is 0.292 e. The van der Waals surface area contributed by atoms with E-state index in [1.54, 1.807) is 6.07 Å². The van der Waals surface area contributed by atoms with Crippen molar-refractivity contribution in [2.24, 2.45) is 0 Å². The highest BCUT2D eigenvalue weighted by molar-refractivity contribution is 5.67. The van der Waals surface area contributed by atoms with Gasteiger partial charge >= 0.3 is 0 Å². The number of rotatable bonds is 4. The molecule has 0 N–H and O–H groups in total. The van der Waals surface area contributed by atoms with Crippen molar-refractivity contribution in [3.63, 3.8) is 0 Å². The zero-order valence-electron chi connectivity index (χ0n) is 13.3. The molecule has 1 aliphatic heterocycles. The first-order chi connectivity index (χ1) is 11.2. The maximum Gasteiger partial charge on any atom is 0.133 e. The molecule has 2 aromatic carbocycles. The van der Waals surface area contributed by atoms with Crippen LogP contribution in [0.1, 0.15) is 30.9 Å². The fourth-order valence-electron chi connectivity index (χ4n) is 3.23. The van der Waals surface area contributed by atoms with Gasteiger partial charge in [-0.15, -0.1) is 0 Å². The highest BCUT2D eigenvalue weighted by Crippen LogP contribution is 2.30. The monoisotopic (exact) mass is 313 g/mol. The quantitative estimate of drug-likeness (QED) is 0.765. The van der Waals surface area contributed by atoms with E-state index < -0.39 is 11.6 Å². The topological polar surface area (TPSA) is 3.24 Å². The predicted molar refractivity (Wildman–Crippen MR) is 89.9 cm³/mol. The molecule has 0 saturated heterocycles. The van der Waals surface area contributed by atoms with Gasteiger partial charge in [-0.25, -0.2) is 8.78 Å². The molecule has 3 heteroatoms. The summed E-state index contributed by atoms with van der Waals surface area (Å²) in [5.41, 5.74) is 2.80. The van der Waals surface area contributed by atoms with E-state index >= 15 is 0 Å². The van der Waals surface area contributed by atoms with Gasteiger partial charge in [0.2, 0.25) is 0 Å². The molecule has 1 unspecified atom stereocenters. The van der Waals surface area contributed by atoms with E-state index in [2.05, 4.69) is 42.2 Å². The molecule has 0 fully saturated rings. The van der Waals surface area contributed by atoms with Crippen molar-refractivity contribution in [1.29, 1.82) is 0 Å². The minimum Gasteiger partial charge on any atom is -0.292 e. The lowest BCUT2D eigenvalue weighted by Crippen LogP contribution is -2.37. The maximum absolute atomic E-state index is 14.0. The Morgan fingerprint density at radius 1 is 1.09 bits per heavy atom. The molecule has 0 amide bonds. The first-order valence-corrected chi connectivity index (χ1v) is 8.09. The highest BCUT2D eigenvalue weighted by atomic mass is 19.1. The van der Waals surface area contributed by atoms with Crippen LogP contribution in [0.25, 0.3) is 5.57 Å². The molecular formula is C20H21F2N. The van der Waals surface area contributed by atoms with Gasteiger partial charge in [-0.3, -0.25) is 4.90 Å². The second kappa shape index (κ2) is 7.05. The standard InChI is InChI=1S/C20H21F2N/c1-2-18-12-16(19-9-8-17(21)13-20(19)22)10-11-23(18)14-15-6-4-3-5-7-15/h3-10,13,18H,2,11-12,14H2,1H3. The Morgan fingerprint density at radius 2 is 1.87 bits per heavy atom. The van der Waals surface area contributed by atoms with Crippen LogP contribution >= 0.6 is 0 Å². The lowest BCUT2D eigenvalue weighted by Gasteiger charge is -2.35. The SMILES string of the molecule is CCC1CC(c2ccc(F)cc2F)=CCN1Cc1ccccc1. The van der Waals surface area contributed by atoms with Crippen LogP contribution in [-0.2, 0) is 6.54 Å². The van der Waals surface area contributed by atoms with Gasteiger partial charge < -0.3 is 0 Å². The Labute approximate surface area is 136 Å². The third-order valence-electron chi connectivity index (χ3n) is 4.52. The highest BCUT2D eigenvalue weighted by Gasteiger charge is 2.24. The lowest BCUT2D eigenvalue weighted by molar-refractivity contribution is 0.198. The Morgan fingerprint density at radius 3 is 2.57 bits per heavy atom. The van der Waals surface area contributed by atoms with Crippen molar-refractivity contribution < 1.29 is 8.78 Å². The first-order valence-electron chi connectivity index (χ1n) is 8.09. The van der Waals surface area contributed by atoms with Crippen molar-refractivity contribution >= 4 is 5.57 Å². The van der Waals surface area contributed by atoms with E-state index in [1.807, 2.05) is 6.07 Å². The van der Waals surface area contributed by atoms with E-state index in [0.717, 1.165) is 37.6 Å². The predicted octanol–water partition coefficient (Wildman–Crippen LogP) is 5.03. The number of halogens is 2. The third kappa shape index (κ3) is 3.67. The van der Waals surface area contributed by atoms with Gasteiger partial charge in [0.05, 0.1) is 0 Å². The van der Waals surface area contributed by atoms with Gasteiger partial charge in [-0.1, -0.05) is 43.3 Å². The van der Waals surface area contributed by atoms with Gasteiger partial charge in [-0.2, -0.15) is 0 Å². The molecule has 2 aromatic rings. The molecule has 0 spiro atoms. The molecule has 0 bridgehead atoms. The molecule has 1 nitrogen and oxygen atoms in total. The Hall–Kier alpha value is -2.00. The van der Waals surface area contributed by atoms with Gasteiger partial charge in [0, 0.05) is 30.8 Å². The molecule has 0 radical (unpaired) electrons. The molecule has 23 heavy (non-hydrogen) atoms. The fourth-order valence-corrected chi connectivity index (χ4v) is 3.23. The zero-order valence-corrected chi connectivity index (χ0v) is 13.3. The summed E-state index contributed by atoms with van der Waals surface area (Å²) in [5.74, 6) is -0.997. The number of nitrogens with zero attached hydrogens (tertiary/aromatic N) is 1. The summed E-state index contributed by atoms with van der Waals surface area (Å²) in [6.45, 7) is 3.85. The number of benzene rings is 2.